The topological polar surface area (TPSA) is 51.2 Å². The molecule has 8 heteroatoms. The van der Waals surface area contributed by atoms with Crippen LogP contribution in [0.4, 0.5) is 13.2 Å². The number of rotatable bonds is 9. The van der Waals surface area contributed by atoms with E-state index in [4.69, 9.17) is 19.4 Å². The summed E-state index contributed by atoms with van der Waals surface area (Å²) in [5.41, 5.74) is 0. The van der Waals surface area contributed by atoms with Gasteiger partial charge in [-0.3, -0.25) is 9.59 Å². The molecule has 0 saturated heterocycles. The van der Waals surface area contributed by atoms with Crippen LogP contribution in [0.2, 0.25) is 5.31 Å². The Morgan fingerprint density at radius 2 is 1.65 bits per heavy atom. The first-order valence-corrected chi connectivity index (χ1v) is 6.45. The summed E-state index contributed by atoms with van der Waals surface area (Å²) in [6.07, 6.45) is -4.87. The maximum atomic E-state index is 11.9. The molecule has 0 aliphatic heterocycles. The predicted octanol–water partition coefficient (Wildman–Crippen LogP) is 3.14. The van der Waals surface area contributed by atoms with Crippen LogP contribution in [0.3, 0.4) is 0 Å². The number of halogens is 4. The molecule has 0 fully saturated rings. The van der Waals surface area contributed by atoms with E-state index in [-0.39, 0.29) is 25.0 Å². The Bertz CT molecular complexity index is 385. The molecule has 0 amide bonds. The largest absolute Gasteiger partial charge is 0.449 e. The summed E-state index contributed by atoms with van der Waals surface area (Å²) in [5.74, 6) is -2.07. The van der Waals surface area contributed by atoms with Gasteiger partial charge in [0.25, 0.3) is 0 Å². The summed E-state index contributed by atoms with van der Waals surface area (Å²) in [6.45, 7) is 1.27. The minimum absolute atomic E-state index is 0.0466. The van der Waals surface area contributed by atoms with Gasteiger partial charge in [0.1, 0.15) is 5.78 Å². The molecule has 1 unspecified atom stereocenters. The Morgan fingerprint density at radius 3 is 2.05 bits per heavy atom. The molecular weight excluding hydrogens is 295 g/mol. The standard InChI is InChI=1S/C12H15BClF3O3/c1-8(18)7-11(13,10(14)20)6-4-2-3-5-9(19)12(15,16)17/h2-7H2,1H3. The van der Waals surface area contributed by atoms with Crippen LogP contribution in [0.25, 0.3) is 0 Å². The van der Waals surface area contributed by atoms with E-state index in [1.165, 1.54) is 6.92 Å². The number of hydrogen-bond acceptors (Lipinski definition) is 3. The molecule has 0 N–H and O–H groups in total. The minimum atomic E-state index is -4.81. The summed E-state index contributed by atoms with van der Waals surface area (Å²) >= 11 is 5.33. The van der Waals surface area contributed by atoms with Crippen LogP contribution < -0.4 is 0 Å². The molecule has 0 heterocycles. The van der Waals surface area contributed by atoms with Crippen molar-refractivity contribution in [2.24, 2.45) is 0 Å². The summed E-state index contributed by atoms with van der Waals surface area (Å²) in [4.78, 5) is 32.8. The molecule has 0 aromatic carbocycles. The van der Waals surface area contributed by atoms with E-state index < -0.39 is 28.9 Å². The molecule has 20 heavy (non-hydrogen) atoms. The molecule has 0 aliphatic carbocycles. The number of alkyl halides is 3. The summed E-state index contributed by atoms with van der Waals surface area (Å²) in [6, 6.07) is 0. The van der Waals surface area contributed by atoms with Crippen LogP contribution in [0.15, 0.2) is 0 Å². The van der Waals surface area contributed by atoms with Crippen molar-refractivity contribution in [1.82, 2.24) is 0 Å². The maximum absolute atomic E-state index is 11.9. The lowest BCUT2D eigenvalue weighted by atomic mass is 9.63. The van der Waals surface area contributed by atoms with Gasteiger partial charge in [0.2, 0.25) is 11.0 Å². The normalized spacial score (nSPS) is 14.7. The van der Waals surface area contributed by atoms with Crippen molar-refractivity contribution in [2.75, 3.05) is 0 Å². The quantitative estimate of drug-likeness (QED) is 0.373. The second kappa shape index (κ2) is 7.81. The van der Waals surface area contributed by atoms with E-state index in [0.29, 0.717) is 12.8 Å². The highest BCUT2D eigenvalue weighted by molar-refractivity contribution is 6.69. The van der Waals surface area contributed by atoms with Gasteiger partial charge in [0.05, 0.1) is 7.85 Å². The monoisotopic (exact) mass is 310 g/mol. The lowest BCUT2D eigenvalue weighted by molar-refractivity contribution is -0.171. The van der Waals surface area contributed by atoms with Crippen molar-refractivity contribution in [2.45, 2.75) is 56.9 Å². The Kier molecular flexibility index (Phi) is 7.48. The smallest absolute Gasteiger partial charge is 0.300 e. The Morgan fingerprint density at radius 1 is 1.10 bits per heavy atom. The van der Waals surface area contributed by atoms with Gasteiger partial charge in [-0.25, -0.2) is 0 Å². The third-order valence-corrected chi connectivity index (χ3v) is 3.18. The zero-order valence-electron chi connectivity index (χ0n) is 11.1. The van der Waals surface area contributed by atoms with Gasteiger partial charge in [-0.1, -0.05) is 12.8 Å². The van der Waals surface area contributed by atoms with Crippen molar-refractivity contribution >= 4 is 36.3 Å². The van der Waals surface area contributed by atoms with Crippen LogP contribution in [0, 0.1) is 0 Å². The Hall–Kier alpha value is -0.845. The minimum Gasteiger partial charge on any atom is -0.300 e. The first-order valence-electron chi connectivity index (χ1n) is 6.07. The average Bonchev–Trinajstić information content (AvgIpc) is 2.25. The first kappa shape index (κ1) is 19.2. The third kappa shape index (κ3) is 7.08. The summed E-state index contributed by atoms with van der Waals surface area (Å²) in [5, 5.41) is -2.33. The van der Waals surface area contributed by atoms with E-state index in [1.807, 2.05) is 0 Å². The molecule has 0 aromatic heterocycles. The Balaban J connectivity index is 4.12. The van der Waals surface area contributed by atoms with Gasteiger partial charge in [0, 0.05) is 18.2 Å². The second-order valence-electron chi connectivity index (χ2n) is 4.79. The summed E-state index contributed by atoms with van der Waals surface area (Å²) < 4.78 is 35.8. The van der Waals surface area contributed by atoms with Crippen molar-refractivity contribution in [3.63, 3.8) is 0 Å². The number of Topliss-reactive ketones (excluding diaryl/α,β-unsaturated/α-hetero) is 2. The van der Waals surface area contributed by atoms with E-state index >= 15 is 0 Å². The third-order valence-electron chi connectivity index (χ3n) is 2.80. The number of unbranched alkanes of at least 4 members (excludes halogenated alkanes) is 2. The molecule has 0 spiro atoms. The fourth-order valence-corrected chi connectivity index (χ4v) is 1.91. The number of hydrogen-bond donors (Lipinski definition) is 0. The fourth-order valence-electron chi connectivity index (χ4n) is 1.74. The molecule has 0 bridgehead atoms. The molecule has 0 rings (SSSR count). The highest BCUT2D eigenvalue weighted by Gasteiger charge is 2.37. The van der Waals surface area contributed by atoms with Crippen LogP contribution in [0.5, 0.6) is 0 Å². The number of ketones is 2. The zero-order valence-corrected chi connectivity index (χ0v) is 11.8. The van der Waals surface area contributed by atoms with E-state index in [0.717, 1.165) is 0 Å². The molecule has 2 radical (unpaired) electrons. The lowest BCUT2D eigenvalue weighted by Crippen LogP contribution is -2.23. The summed E-state index contributed by atoms with van der Waals surface area (Å²) in [7, 11) is 5.70. The molecule has 0 aliphatic rings. The average molecular weight is 311 g/mol. The highest BCUT2D eigenvalue weighted by Crippen LogP contribution is 2.36. The van der Waals surface area contributed by atoms with Gasteiger partial charge in [-0.2, -0.15) is 13.2 Å². The maximum Gasteiger partial charge on any atom is 0.449 e. The van der Waals surface area contributed by atoms with Crippen molar-refractivity contribution in [3.8, 4) is 0 Å². The molecule has 112 valence electrons. The van der Waals surface area contributed by atoms with Crippen LogP contribution in [-0.4, -0.2) is 30.8 Å². The Labute approximate surface area is 121 Å². The van der Waals surface area contributed by atoms with E-state index in [1.54, 1.807) is 0 Å². The molecule has 0 saturated carbocycles. The highest BCUT2D eigenvalue weighted by atomic mass is 35.5. The zero-order chi connectivity index (χ0) is 16.0. The van der Waals surface area contributed by atoms with Crippen LogP contribution in [-0.2, 0) is 14.4 Å². The van der Waals surface area contributed by atoms with Gasteiger partial charge in [-0.15, -0.1) is 0 Å². The molecule has 3 nitrogen and oxygen atoms in total. The van der Waals surface area contributed by atoms with Crippen LogP contribution in [0.1, 0.15) is 45.4 Å². The van der Waals surface area contributed by atoms with Crippen molar-refractivity contribution < 1.29 is 27.6 Å². The van der Waals surface area contributed by atoms with E-state index in [2.05, 4.69) is 0 Å². The lowest BCUT2D eigenvalue weighted by Gasteiger charge is -2.24. The van der Waals surface area contributed by atoms with Crippen molar-refractivity contribution in [3.05, 3.63) is 0 Å². The van der Waals surface area contributed by atoms with E-state index in [9.17, 15) is 27.6 Å². The van der Waals surface area contributed by atoms with Crippen LogP contribution >= 0.6 is 11.6 Å². The van der Waals surface area contributed by atoms with Gasteiger partial charge in [0.15, 0.2) is 0 Å². The van der Waals surface area contributed by atoms with Crippen molar-refractivity contribution in [1.29, 1.82) is 0 Å². The molecule has 0 aromatic rings. The van der Waals surface area contributed by atoms with Gasteiger partial charge >= 0.3 is 6.18 Å². The number of carbonyl (C=O) groups is 3. The fraction of sp³-hybridized carbons (Fsp3) is 0.750. The SMILES string of the molecule is [B]C(CCCCCC(=O)C(F)(F)F)(CC(C)=O)C(=O)Cl. The molecular formula is C12H15BClF3O3. The van der Waals surface area contributed by atoms with Gasteiger partial charge in [-0.05, 0) is 31.4 Å². The number of carbonyl (C=O) groups excluding carboxylic acids is 3. The predicted molar refractivity (Wildman–Crippen MR) is 68.8 cm³/mol. The second-order valence-corrected chi connectivity index (χ2v) is 5.13. The first-order chi connectivity index (χ1) is 8.99. The molecule has 1 atom stereocenters. The van der Waals surface area contributed by atoms with Gasteiger partial charge < -0.3 is 4.79 Å².